The van der Waals surface area contributed by atoms with Crippen molar-refractivity contribution < 1.29 is 14.3 Å². The van der Waals surface area contributed by atoms with Crippen molar-refractivity contribution in [3.05, 3.63) is 45.5 Å². The van der Waals surface area contributed by atoms with Crippen LogP contribution in [0.3, 0.4) is 0 Å². The van der Waals surface area contributed by atoms with Gasteiger partial charge in [0, 0.05) is 0 Å². The van der Waals surface area contributed by atoms with Crippen molar-refractivity contribution in [1.82, 2.24) is 15.4 Å². The minimum atomic E-state index is -0.213. The summed E-state index contributed by atoms with van der Waals surface area (Å²) in [7, 11) is 1.60. The number of methoxy groups -OCH3 is 1. The van der Waals surface area contributed by atoms with Crippen molar-refractivity contribution in [3.8, 4) is 11.5 Å². The number of aromatic nitrogens is 2. The van der Waals surface area contributed by atoms with Gasteiger partial charge in [0.05, 0.1) is 40.3 Å². The highest BCUT2D eigenvalue weighted by Crippen LogP contribution is 2.33. The largest absolute Gasteiger partial charge is 0.492 e. The number of aromatic amines is 1. The van der Waals surface area contributed by atoms with Gasteiger partial charge in [-0.1, -0.05) is 23.9 Å². The average Bonchev–Trinajstić information content (AvgIpc) is 3.09. The van der Waals surface area contributed by atoms with Gasteiger partial charge in [0.2, 0.25) is 0 Å². The number of hydrogen-bond acceptors (Lipinski definition) is 6. The van der Waals surface area contributed by atoms with Gasteiger partial charge in [-0.2, -0.15) is 5.10 Å². The second kappa shape index (κ2) is 9.78. The molecule has 0 spiro atoms. The normalized spacial score (nSPS) is 11.1. The van der Waals surface area contributed by atoms with Gasteiger partial charge in [0.15, 0.2) is 16.7 Å². The molecule has 2 N–H and O–H groups in total. The smallest absolute Gasteiger partial charge is 0.250 e. The van der Waals surface area contributed by atoms with Gasteiger partial charge < -0.3 is 14.5 Å². The number of rotatable bonds is 8. The fourth-order valence-electron chi connectivity index (χ4n) is 2.47. The van der Waals surface area contributed by atoms with Crippen LogP contribution in [0.25, 0.3) is 11.0 Å². The molecule has 2 aromatic carbocycles. The average molecular weight is 510 g/mol. The second-order valence-electron chi connectivity index (χ2n) is 5.61. The lowest BCUT2D eigenvalue weighted by Crippen LogP contribution is -2.19. The van der Waals surface area contributed by atoms with Crippen molar-refractivity contribution in [2.24, 2.45) is 5.10 Å². The van der Waals surface area contributed by atoms with Gasteiger partial charge in [0.1, 0.15) is 0 Å². The van der Waals surface area contributed by atoms with Crippen LogP contribution in [0.1, 0.15) is 12.5 Å². The Kier molecular flexibility index (Phi) is 7.15. The van der Waals surface area contributed by atoms with E-state index in [1.165, 1.54) is 11.8 Å². The summed E-state index contributed by atoms with van der Waals surface area (Å²) in [4.78, 5) is 19.6. The number of imidazole rings is 1. The number of benzene rings is 2. The van der Waals surface area contributed by atoms with E-state index in [9.17, 15) is 4.79 Å². The first-order chi connectivity index (χ1) is 13.6. The van der Waals surface area contributed by atoms with E-state index in [0.29, 0.717) is 23.3 Å². The summed E-state index contributed by atoms with van der Waals surface area (Å²) in [6, 6.07) is 11.5. The highest BCUT2D eigenvalue weighted by atomic mass is 127. The molecule has 1 heterocycles. The minimum absolute atomic E-state index is 0.210. The number of carbonyl (C=O) groups is 1. The molecule has 3 rings (SSSR count). The third kappa shape index (κ3) is 5.16. The monoisotopic (exact) mass is 510 g/mol. The van der Waals surface area contributed by atoms with Crippen LogP contribution in [-0.4, -0.2) is 41.6 Å². The summed E-state index contributed by atoms with van der Waals surface area (Å²) in [5, 5.41) is 4.73. The van der Waals surface area contributed by atoms with Gasteiger partial charge in [-0.05, 0) is 59.3 Å². The Morgan fingerprint density at radius 2 is 2.21 bits per heavy atom. The zero-order valence-electron chi connectivity index (χ0n) is 15.4. The molecule has 7 nitrogen and oxygen atoms in total. The third-order valence-electron chi connectivity index (χ3n) is 3.65. The van der Waals surface area contributed by atoms with Crippen LogP contribution in [0.15, 0.2) is 46.7 Å². The SMILES string of the molecule is CCOc1cc(/C=N\NC(=O)CSc2nc3ccccc3[nH]2)cc(I)c1OC. The van der Waals surface area contributed by atoms with Crippen molar-refractivity contribution in [3.63, 3.8) is 0 Å². The molecular weight excluding hydrogens is 491 g/mol. The van der Waals surface area contributed by atoms with Crippen LogP contribution < -0.4 is 14.9 Å². The Bertz CT molecular complexity index is 973. The van der Waals surface area contributed by atoms with Crippen molar-refractivity contribution in [2.75, 3.05) is 19.5 Å². The third-order valence-corrected chi connectivity index (χ3v) is 5.32. The summed E-state index contributed by atoms with van der Waals surface area (Å²) < 4.78 is 11.9. The number of para-hydroxylation sites is 2. The first kappa shape index (κ1) is 20.5. The standard InChI is InChI=1S/C19H19IN4O3S/c1-3-27-16-9-12(8-13(20)18(16)26-2)10-21-24-17(25)11-28-19-22-14-6-4-5-7-15(14)23-19/h4-10H,3,11H2,1-2H3,(H,22,23)(H,24,25)/b21-10-. The molecule has 1 aromatic heterocycles. The number of hydrazone groups is 1. The topological polar surface area (TPSA) is 88.6 Å². The lowest BCUT2D eigenvalue weighted by Gasteiger charge is -2.11. The summed E-state index contributed by atoms with van der Waals surface area (Å²) in [5.41, 5.74) is 5.16. The Balaban J connectivity index is 1.57. The number of amides is 1. The van der Waals surface area contributed by atoms with E-state index in [4.69, 9.17) is 9.47 Å². The molecule has 0 atom stereocenters. The fraction of sp³-hybridized carbons (Fsp3) is 0.211. The van der Waals surface area contributed by atoms with Gasteiger partial charge in [0.25, 0.3) is 5.91 Å². The van der Waals surface area contributed by atoms with Crippen LogP contribution in [0.2, 0.25) is 0 Å². The number of nitrogens with one attached hydrogen (secondary N) is 2. The second-order valence-corrected chi connectivity index (χ2v) is 7.73. The van der Waals surface area contributed by atoms with Crippen molar-refractivity contribution in [1.29, 1.82) is 0 Å². The number of thioether (sulfide) groups is 1. The minimum Gasteiger partial charge on any atom is -0.492 e. The molecule has 0 bridgehead atoms. The van der Waals surface area contributed by atoms with Gasteiger partial charge in [-0.3, -0.25) is 4.79 Å². The van der Waals surface area contributed by atoms with Crippen molar-refractivity contribution >= 4 is 57.5 Å². The molecule has 28 heavy (non-hydrogen) atoms. The van der Waals surface area contributed by atoms with Gasteiger partial charge in [-0.25, -0.2) is 10.4 Å². The maximum Gasteiger partial charge on any atom is 0.250 e. The number of ether oxygens (including phenoxy) is 2. The molecule has 146 valence electrons. The Morgan fingerprint density at radius 1 is 1.39 bits per heavy atom. The molecule has 0 radical (unpaired) electrons. The molecular formula is C19H19IN4O3S. The number of carbonyl (C=O) groups excluding carboxylic acids is 1. The highest BCUT2D eigenvalue weighted by Gasteiger charge is 2.10. The molecule has 0 saturated carbocycles. The van der Waals surface area contributed by atoms with Crippen LogP contribution >= 0.6 is 34.4 Å². The summed E-state index contributed by atoms with van der Waals surface area (Å²) in [6.45, 7) is 2.44. The maximum absolute atomic E-state index is 12.0. The van der Waals surface area contributed by atoms with E-state index in [-0.39, 0.29) is 11.7 Å². The van der Waals surface area contributed by atoms with Crippen molar-refractivity contribution in [2.45, 2.75) is 12.1 Å². The van der Waals surface area contributed by atoms with E-state index < -0.39 is 0 Å². The van der Waals surface area contributed by atoms with Crippen LogP contribution in [0.5, 0.6) is 11.5 Å². The lowest BCUT2D eigenvalue weighted by atomic mass is 10.2. The Morgan fingerprint density at radius 3 is 2.96 bits per heavy atom. The molecule has 1 amide bonds. The molecule has 3 aromatic rings. The molecule has 0 aliphatic heterocycles. The highest BCUT2D eigenvalue weighted by molar-refractivity contribution is 14.1. The zero-order chi connectivity index (χ0) is 19.9. The van der Waals surface area contributed by atoms with E-state index in [1.54, 1.807) is 13.3 Å². The predicted molar refractivity (Wildman–Crippen MR) is 119 cm³/mol. The molecule has 0 unspecified atom stereocenters. The quantitative estimate of drug-likeness (QED) is 0.208. The number of H-pyrrole nitrogens is 1. The number of halogens is 1. The van der Waals surface area contributed by atoms with E-state index in [1.807, 2.05) is 43.3 Å². The predicted octanol–water partition coefficient (Wildman–Crippen LogP) is 3.82. The molecule has 9 heteroatoms. The van der Waals surface area contributed by atoms with Gasteiger partial charge in [-0.15, -0.1) is 0 Å². The first-order valence-corrected chi connectivity index (χ1v) is 10.6. The molecule has 0 aliphatic carbocycles. The van der Waals surface area contributed by atoms with Crippen LogP contribution in [-0.2, 0) is 4.79 Å². The van der Waals surface area contributed by atoms with E-state index in [2.05, 4.69) is 43.1 Å². The van der Waals surface area contributed by atoms with E-state index >= 15 is 0 Å². The van der Waals surface area contributed by atoms with Gasteiger partial charge >= 0.3 is 0 Å². The van der Waals surface area contributed by atoms with E-state index in [0.717, 1.165) is 20.2 Å². The zero-order valence-corrected chi connectivity index (χ0v) is 18.3. The maximum atomic E-state index is 12.0. The van der Waals surface area contributed by atoms with Crippen LogP contribution in [0.4, 0.5) is 0 Å². The first-order valence-electron chi connectivity index (χ1n) is 8.50. The Hall–Kier alpha value is -2.27. The summed E-state index contributed by atoms with van der Waals surface area (Å²) >= 11 is 3.50. The molecule has 0 fully saturated rings. The molecule has 0 saturated heterocycles. The number of fused-ring (bicyclic) bond motifs is 1. The number of nitrogens with zero attached hydrogens (tertiary/aromatic N) is 2. The summed E-state index contributed by atoms with van der Waals surface area (Å²) in [6.07, 6.45) is 1.58. The summed E-state index contributed by atoms with van der Waals surface area (Å²) in [5.74, 6) is 1.33. The number of hydrogen-bond donors (Lipinski definition) is 2. The van der Waals surface area contributed by atoms with Crippen LogP contribution in [0, 0.1) is 3.57 Å². The lowest BCUT2D eigenvalue weighted by molar-refractivity contribution is -0.118. The molecule has 0 aliphatic rings. The fourth-order valence-corrected chi connectivity index (χ4v) is 3.99. The Labute approximate surface area is 180 Å².